The van der Waals surface area contributed by atoms with Crippen LogP contribution in [0.5, 0.6) is 5.75 Å². The monoisotopic (exact) mass is 447 g/mol. The van der Waals surface area contributed by atoms with Gasteiger partial charge in [-0.2, -0.15) is 11.3 Å². The number of likely N-dealkylation sites (tertiary alicyclic amines) is 1. The van der Waals surface area contributed by atoms with Crippen molar-refractivity contribution in [2.24, 2.45) is 5.73 Å². The van der Waals surface area contributed by atoms with Crippen molar-refractivity contribution < 1.29 is 9.53 Å². The summed E-state index contributed by atoms with van der Waals surface area (Å²) in [4.78, 5) is 18.9. The first-order chi connectivity index (χ1) is 14.6. The van der Waals surface area contributed by atoms with Crippen molar-refractivity contribution >= 4 is 29.0 Å². The molecule has 3 rings (SSSR count). The summed E-state index contributed by atoms with van der Waals surface area (Å²) in [6.45, 7) is 5.74. The molecule has 1 fully saturated rings. The van der Waals surface area contributed by atoms with Crippen molar-refractivity contribution in [1.29, 1.82) is 0 Å². The van der Waals surface area contributed by atoms with Crippen LogP contribution in [0.2, 0.25) is 0 Å². The summed E-state index contributed by atoms with van der Waals surface area (Å²) in [5.74, 6) is 1.48. The fourth-order valence-electron chi connectivity index (χ4n) is 3.98. The summed E-state index contributed by atoms with van der Waals surface area (Å²) in [5.41, 5.74) is 6.96. The van der Waals surface area contributed by atoms with Gasteiger partial charge in [-0.25, -0.2) is 0 Å². The molecule has 2 heterocycles. The molecular weight excluding hydrogens is 414 g/mol. The zero-order chi connectivity index (χ0) is 21.3. The molecule has 164 valence electrons. The highest BCUT2D eigenvalue weighted by molar-refractivity contribution is 8.00. The maximum absolute atomic E-state index is 13.3. The number of thioether (sulfide) groups is 1. The van der Waals surface area contributed by atoms with Gasteiger partial charge >= 0.3 is 0 Å². The van der Waals surface area contributed by atoms with Gasteiger partial charge in [0.05, 0.1) is 12.9 Å². The van der Waals surface area contributed by atoms with Crippen LogP contribution in [0.1, 0.15) is 31.7 Å². The molecule has 0 bridgehead atoms. The van der Waals surface area contributed by atoms with E-state index < -0.39 is 0 Å². The highest BCUT2D eigenvalue weighted by Crippen LogP contribution is 2.26. The van der Waals surface area contributed by atoms with Gasteiger partial charge < -0.3 is 20.3 Å². The molecule has 2 N–H and O–H groups in total. The fraction of sp³-hybridized carbons (Fsp3) is 0.522. The molecule has 0 saturated carbocycles. The number of ether oxygens (including phenoxy) is 1. The zero-order valence-electron chi connectivity index (χ0n) is 18.0. The van der Waals surface area contributed by atoms with E-state index in [1.807, 2.05) is 24.3 Å². The van der Waals surface area contributed by atoms with E-state index in [-0.39, 0.29) is 5.91 Å². The molecule has 0 aliphatic carbocycles. The Kier molecular flexibility index (Phi) is 9.05. The topological polar surface area (TPSA) is 58.8 Å². The third-order valence-electron chi connectivity index (χ3n) is 5.80. The SMILES string of the molecule is COc1cccc(SCC(=O)N(Cc2ccsc2)C2CCN(C(C)CCN)CC2)c1. The van der Waals surface area contributed by atoms with Crippen molar-refractivity contribution in [2.45, 2.75) is 49.7 Å². The third-order valence-corrected chi connectivity index (χ3v) is 7.52. The van der Waals surface area contributed by atoms with Crippen molar-refractivity contribution in [3.63, 3.8) is 0 Å². The molecule has 5 nitrogen and oxygen atoms in total. The van der Waals surface area contributed by atoms with Crippen LogP contribution in [0, 0.1) is 0 Å². The summed E-state index contributed by atoms with van der Waals surface area (Å²) >= 11 is 3.27. The van der Waals surface area contributed by atoms with Gasteiger partial charge in [-0.1, -0.05) is 6.07 Å². The molecule has 1 aliphatic rings. The van der Waals surface area contributed by atoms with Crippen molar-refractivity contribution in [3.05, 3.63) is 46.7 Å². The number of carbonyl (C=O) groups excluding carboxylic acids is 1. The molecule has 2 aromatic rings. The van der Waals surface area contributed by atoms with E-state index >= 15 is 0 Å². The molecule has 30 heavy (non-hydrogen) atoms. The lowest BCUT2D eigenvalue weighted by Crippen LogP contribution is -2.49. The van der Waals surface area contributed by atoms with Crippen LogP contribution in [-0.2, 0) is 11.3 Å². The fourth-order valence-corrected chi connectivity index (χ4v) is 5.47. The Bertz CT molecular complexity index is 777. The second-order valence-electron chi connectivity index (χ2n) is 7.81. The predicted octanol–water partition coefficient (Wildman–Crippen LogP) is 4.08. The standard InChI is InChI=1S/C23H33N3O2S2/c1-18(6-10-24)25-11-7-20(8-12-25)26(15-19-9-13-29-16-19)23(27)17-30-22-5-3-4-21(14-22)28-2/h3-5,9,13-14,16,18,20H,6-8,10-12,15,17,24H2,1-2H3. The van der Waals surface area contributed by atoms with Crippen molar-refractivity contribution in [3.8, 4) is 5.75 Å². The Hall–Kier alpha value is -1.54. The van der Waals surface area contributed by atoms with Crippen LogP contribution in [0.4, 0.5) is 0 Å². The van der Waals surface area contributed by atoms with Gasteiger partial charge in [0, 0.05) is 36.6 Å². The molecule has 1 saturated heterocycles. The maximum atomic E-state index is 13.3. The summed E-state index contributed by atoms with van der Waals surface area (Å²) in [5, 5.41) is 4.23. The van der Waals surface area contributed by atoms with E-state index in [0.29, 0.717) is 24.4 Å². The number of nitrogens with two attached hydrogens (primary N) is 1. The summed E-state index contributed by atoms with van der Waals surface area (Å²) < 4.78 is 5.30. The first-order valence-electron chi connectivity index (χ1n) is 10.6. The van der Waals surface area contributed by atoms with Crippen LogP contribution in [0.3, 0.4) is 0 Å². The van der Waals surface area contributed by atoms with Gasteiger partial charge in [0.25, 0.3) is 0 Å². The Labute approximate surface area is 188 Å². The van der Waals surface area contributed by atoms with E-state index in [2.05, 4.69) is 33.6 Å². The lowest BCUT2D eigenvalue weighted by Gasteiger charge is -2.40. The van der Waals surface area contributed by atoms with E-state index in [1.54, 1.807) is 30.2 Å². The van der Waals surface area contributed by atoms with Gasteiger partial charge in [0.2, 0.25) is 5.91 Å². The first kappa shape index (κ1) is 23.1. The van der Waals surface area contributed by atoms with Crippen LogP contribution in [0.25, 0.3) is 0 Å². The number of hydrogen-bond donors (Lipinski definition) is 1. The van der Waals surface area contributed by atoms with Crippen LogP contribution in [-0.4, -0.2) is 60.3 Å². The molecule has 7 heteroatoms. The number of carbonyl (C=O) groups is 1. The van der Waals surface area contributed by atoms with Crippen LogP contribution >= 0.6 is 23.1 Å². The molecule has 0 spiro atoms. The minimum absolute atomic E-state index is 0.211. The average Bonchev–Trinajstić information content (AvgIpc) is 3.29. The molecule has 0 radical (unpaired) electrons. The van der Waals surface area contributed by atoms with Gasteiger partial charge in [0.1, 0.15) is 5.75 Å². The second kappa shape index (κ2) is 11.7. The number of hydrogen-bond acceptors (Lipinski definition) is 6. The number of nitrogens with zero attached hydrogens (tertiary/aromatic N) is 2. The molecule has 1 aromatic heterocycles. The highest BCUT2D eigenvalue weighted by atomic mass is 32.2. The van der Waals surface area contributed by atoms with E-state index in [0.717, 1.165) is 49.5 Å². The third kappa shape index (κ3) is 6.48. The Morgan fingerprint density at radius 3 is 2.83 bits per heavy atom. The number of amides is 1. The Morgan fingerprint density at radius 2 is 2.17 bits per heavy atom. The zero-order valence-corrected chi connectivity index (χ0v) is 19.6. The van der Waals surface area contributed by atoms with Gasteiger partial charge in [-0.15, -0.1) is 11.8 Å². The molecule has 1 unspecified atom stereocenters. The second-order valence-corrected chi connectivity index (χ2v) is 9.64. The number of piperidine rings is 1. The van der Waals surface area contributed by atoms with Crippen molar-refractivity contribution in [1.82, 2.24) is 9.80 Å². The van der Waals surface area contributed by atoms with E-state index in [9.17, 15) is 4.79 Å². The maximum Gasteiger partial charge on any atom is 0.233 e. The van der Waals surface area contributed by atoms with E-state index in [1.165, 1.54) is 5.56 Å². The average molecular weight is 448 g/mol. The largest absolute Gasteiger partial charge is 0.497 e. The molecule has 1 atom stereocenters. The van der Waals surface area contributed by atoms with Crippen molar-refractivity contribution in [2.75, 3.05) is 32.5 Å². The molecule has 1 aliphatic heterocycles. The van der Waals surface area contributed by atoms with E-state index in [4.69, 9.17) is 10.5 Å². The Balaban J connectivity index is 1.62. The first-order valence-corrected chi connectivity index (χ1v) is 12.5. The van der Waals surface area contributed by atoms with Gasteiger partial charge in [-0.05, 0) is 73.3 Å². The van der Waals surface area contributed by atoms with Gasteiger partial charge in [-0.3, -0.25) is 4.79 Å². The van der Waals surface area contributed by atoms with Crippen LogP contribution in [0.15, 0.2) is 46.0 Å². The summed E-state index contributed by atoms with van der Waals surface area (Å²) in [6.07, 6.45) is 3.07. The lowest BCUT2D eigenvalue weighted by atomic mass is 10.00. The van der Waals surface area contributed by atoms with Crippen LogP contribution < -0.4 is 10.5 Å². The Morgan fingerprint density at radius 1 is 1.37 bits per heavy atom. The minimum atomic E-state index is 0.211. The predicted molar refractivity (Wildman–Crippen MR) is 126 cm³/mol. The molecular formula is C23H33N3O2S2. The summed E-state index contributed by atoms with van der Waals surface area (Å²) in [6, 6.07) is 10.8. The number of rotatable bonds is 10. The molecule has 1 amide bonds. The quantitative estimate of drug-likeness (QED) is 0.556. The molecule has 1 aromatic carbocycles. The summed E-state index contributed by atoms with van der Waals surface area (Å²) in [7, 11) is 1.66. The number of benzene rings is 1. The number of methoxy groups -OCH3 is 1. The smallest absolute Gasteiger partial charge is 0.233 e. The minimum Gasteiger partial charge on any atom is -0.497 e. The van der Waals surface area contributed by atoms with Gasteiger partial charge in [0.15, 0.2) is 0 Å². The number of thiophene rings is 1. The highest BCUT2D eigenvalue weighted by Gasteiger charge is 2.29. The lowest BCUT2D eigenvalue weighted by molar-refractivity contribution is -0.132. The normalized spacial score (nSPS) is 16.4.